The summed E-state index contributed by atoms with van der Waals surface area (Å²) in [6.45, 7) is 1.86. The molecular formula is C12H13FN2O. The number of rotatable bonds is 3. The molecule has 0 aliphatic carbocycles. The molecule has 0 aliphatic rings. The minimum absolute atomic E-state index is 0.182. The summed E-state index contributed by atoms with van der Waals surface area (Å²) in [7, 11) is 0. The number of benzene rings is 1. The molecule has 0 saturated heterocycles. The predicted octanol–water partition coefficient (Wildman–Crippen LogP) is 2.28. The standard InChI is InChI=1S/C12H13FN2O/c1-8-6-10(7-16-8)12(15-14)9-2-4-11(13)5-3-9/h2-7,12,15H,14H2,1H3. The van der Waals surface area contributed by atoms with Gasteiger partial charge in [-0.15, -0.1) is 0 Å². The highest BCUT2D eigenvalue weighted by Crippen LogP contribution is 2.23. The summed E-state index contributed by atoms with van der Waals surface area (Å²) in [6.07, 6.45) is 1.64. The predicted molar refractivity (Wildman–Crippen MR) is 59.0 cm³/mol. The molecule has 0 saturated carbocycles. The van der Waals surface area contributed by atoms with Gasteiger partial charge in [0.1, 0.15) is 11.6 Å². The van der Waals surface area contributed by atoms with Crippen molar-refractivity contribution in [2.24, 2.45) is 5.84 Å². The van der Waals surface area contributed by atoms with Crippen LogP contribution in [0.25, 0.3) is 0 Å². The molecule has 0 fully saturated rings. The molecule has 1 aromatic heterocycles. The van der Waals surface area contributed by atoms with Gasteiger partial charge in [-0.2, -0.15) is 0 Å². The zero-order valence-electron chi connectivity index (χ0n) is 8.91. The van der Waals surface area contributed by atoms with Crippen LogP contribution in [-0.2, 0) is 0 Å². The van der Waals surface area contributed by atoms with Crippen molar-refractivity contribution in [3.63, 3.8) is 0 Å². The minimum atomic E-state index is -0.261. The van der Waals surface area contributed by atoms with Gasteiger partial charge in [0.2, 0.25) is 0 Å². The molecule has 4 heteroatoms. The summed E-state index contributed by atoms with van der Waals surface area (Å²) in [4.78, 5) is 0. The maximum atomic E-state index is 12.8. The molecule has 84 valence electrons. The van der Waals surface area contributed by atoms with Crippen molar-refractivity contribution >= 4 is 0 Å². The molecule has 1 atom stereocenters. The van der Waals surface area contributed by atoms with Crippen LogP contribution in [0.15, 0.2) is 41.0 Å². The molecule has 0 bridgehead atoms. The molecule has 1 unspecified atom stereocenters. The number of hydrazine groups is 1. The fourth-order valence-corrected chi connectivity index (χ4v) is 1.66. The van der Waals surface area contributed by atoms with Gasteiger partial charge in [0, 0.05) is 5.56 Å². The molecular weight excluding hydrogens is 207 g/mol. The maximum absolute atomic E-state index is 12.8. The lowest BCUT2D eigenvalue weighted by molar-refractivity contribution is 0.525. The first kappa shape index (κ1) is 10.9. The van der Waals surface area contributed by atoms with Crippen molar-refractivity contribution in [2.75, 3.05) is 0 Å². The lowest BCUT2D eigenvalue weighted by Gasteiger charge is -2.14. The van der Waals surface area contributed by atoms with Gasteiger partial charge in [0.25, 0.3) is 0 Å². The average molecular weight is 220 g/mol. The van der Waals surface area contributed by atoms with Crippen LogP contribution in [0.1, 0.15) is 22.9 Å². The number of aryl methyl sites for hydroxylation is 1. The van der Waals surface area contributed by atoms with Gasteiger partial charge in [-0.3, -0.25) is 5.84 Å². The maximum Gasteiger partial charge on any atom is 0.123 e. The molecule has 2 rings (SSSR count). The smallest absolute Gasteiger partial charge is 0.123 e. The number of nitrogens with two attached hydrogens (primary N) is 1. The van der Waals surface area contributed by atoms with Gasteiger partial charge in [-0.05, 0) is 30.7 Å². The van der Waals surface area contributed by atoms with Gasteiger partial charge in [-0.1, -0.05) is 12.1 Å². The Morgan fingerprint density at radius 2 is 1.94 bits per heavy atom. The summed E-state index contributed by atoms with van der Waals surface area (Å²) in [6, 6.07) is 7.93. The molecule has 0 amide bonds. The van der Waals surface area contributed by atoms with E-state index in [2.05, 4.69) is 5.43 Å². The summed E-state index contributed by atoms with van der Waals surface area (Å²) in [5, 5.41) is 0. The monoisotopic (exact) mass is 220 g/mol. The highest BCUT2D eigenvalue weighted by molar-refractivity contribution is 5.30. The molecule has 2 aromatic rings. The van der Waals surface area contributed by atoms with Crippen molar-refractivity contribution in [3.05, 3.63) is 59.3 Å². The van der Waals surface area contributed by atoms with Crippen molar-refractivity contribution in [1.29, 1.82) is 0 Å². The molecule has 0 aliphatic heterocycles. The van der Waals surface area contributed by atoms with E-state index in [0.717, 1.165) is 16.9 Å². The van der Waals surface area contributed by atoms with E-state index in [9.17, 15) is 4.39 Å². The first-order valence-electron chi connectivity index (χ1n) is 4.97. The Bertz CT molecular complexity index is 464. The molecule has 0 spiro atoms. The van der Waals surface area contributed by atoms with E-state index in [1.54, 1.807) is 18.4 Å². The van der Waals surface area contributed by atoms with Crippen LogP contribution in [-0.4, -0.2) is 0 Å². The van der Waals surface area contributed by atoms with Crippen molar-refractivity contribution in [2.45, 2.75) is 13.0 Å². The Morgan fingerprint density at radius 3 is 2.44 bits per heavy atom. The molecule has 0 radical (unpaired) electrons. The lowest BCUT2D eigenvalue weighted by atomic mass is 10.0. The first-order chi connectivity index (χ1) is 7.70. The Balaban J connectivity index is 2.32. The number of halogens is 1. The van der Waals surface area contributed by atoms with Crippen LogP contribution in [0.5, 0.6) is 0 Å². The second kappa shape index (κ2) is 4.47. The third-order valence-corrected chi connectivity index (χ3v) is 2.45. The molecule has 1 aromatic carbocycles. The quantitative estimate of drug-likeness (QED) is 0.616. The van der Waals surface area contributed by atoms with E-state index in [4.69, 9.17) is 10.3 Å². The number of hydrogen-bond acceptors (Lipinski definition) is 3. The lowest BCUT2D eigenvalue weighted by Crippen LogP contribution is -2.28. The van der Waals surface area contributed by atoms with Crippen LogP contribution >= 0.6 is 0 Å². The normalized spacial score (nSPS) is 12.7. The van der Waals surface area contributed by atoms with Gasteiger partial charge in [0.15, 0.2) is 0 Å². The van der Waals surface area contributed by atoms with Gasteiger partial charge in [0.05, 0.1) is 12.3 Å². The third-order valence-electron chi connectivity index (χ3n) is 2.45. The summed E-state index contributed by atoms with van der Waals surface area (Å²) < 4.78 is 18.0. The Hall–Kier alpha value is -1.65. The zero-order valence-corrected chi connectivity index (χ0v) is 8.91. The van der Waals surface area contributed by atoms with Crippen molar-refractivity contribution in [1.82, 2.24) is 5.43 Å². The fourth-order valence-electron chi connectivity index (χ4n) is 1.66. The second-order valence-corrected chi connectivity index (χ2v) is 3.64. The van der Waals surface area contributed by atoms with E-state index in [1.165, 1.54) is 12.1 Å². The summed E-state index contributed by atoms with van der Waals surface area (Å²) >= 11 is 0. The number of furan rings is 1. The third kappa shape index (κ3) is 2.13. The van der Waals surface area contributed by atoms with Crippen LogP contribution in [0, 0.1) is 12.7 Å². The SMILES string of the molecule is Cc1cc(C(NN)c2ccc(F)cc2)co1. The van der Waals surface area contributed by atoms with Crippen LogP contribution in [0.2, 0.25) is 0 Å². The van der Waals surface area contributed by atoms with E-state index in [1.807, 2.05) is 13.0 Å². The van der Waals surface area contributed by atoms with Gasteiger partial charge >= 0.3 is 0 Å². The number of hydrogen-bond donors (Lipinski definition) is 2. The largest absolute Gasteiger partial charge is 0.469 e. The minimum Gasteiger partial charge on any atom is -0.469 e. The van der Waals surface area contributed by atoms with Gasteiger partial charge in [-0.25, -0.2) is 9.82 Å². The Labute approximate surface area is 93.0 Å². The topological polar surface area (TPSA) is 51.2 Å². The Morgan fingerprint density at radius 1 is 1.25 bits per heavy atom. The van der Waals surface area contributed by atoms with Gasteiger partial charge < -0.3 is 4.42 Å². The van der Waals surface area contributed by atoms with Crippen molar-refractivity contribution < 1.29 is 8.81 Å². The second-order valence-electron chi connectivity index (χ2n) is 3.64. The highest BCUT2D eigenvalue weighted by atomic mass is 19.1. The Kier molecular flexibility index (Phi) is 3.03. The van der Waals surface area contributed by atoms with Crippen LogP contribution < -0.4 is 11.3 Å². The van der Waals surface area contributed by atoms with E-state index in [0.29, 0.717) is 0 Å². The summed E-state index contributed by atoms with van der Waals surface area (Å²) in [5.41, 5.74) is 4.50. The molecule has 3 nitrogen and oxygen atoms in total. The average Bonchev–Trinajstić information content (AvgIpc) is 2.69. The number of nitrogens with one attached hydrogen (secondary N) is 1. The van der Waals surface area contributed by atoms with Crippen LogP contribution in [0.4, 0.5) is 4.39 Å². The fraction of sp³-hybridized carbons (Fsp3) is 0.167. The van der Waals surface area contributed by atoms with E-state index >= 15 is 0 Å². The molecule has 16 heavy (non-hydrogen) atoms. The van der Waals surface area contributed by atoms with Crippen LogP contribution in [0.3, 0.4) is 0 Å². The van der Waals surface area contributed by atoms with E-state index < -0.39 is 0 Å². The van der Waals surface area contributed by atoms with E-state index in [-0.39, 0.29) is 11.9 Å². The van der Waals surface area contributed by atoms with Crippen molar-refractivity contribution in [3.8, 4) is 0 Å². The zero-order chi connectivity index (χ0) is 11.5. The molecule has 1 heterocycles. The highest BCUT2D eigenvalue weighted by Gasteiger charge is 2.14. The summed E-state index contributed by atoms with van der Waals surface area (Å²) in [5.74, 6) is 6.05. The molecule has 3 N–H and O–H groups in total. The first-order valence-corrected chi connectivity index (χ1v) is 4.97.